The predicted octanol–water partition coefficient (Wildman–Crippen LogP) is 6.81. The van der Waals surface area contributed by atoms with Gasteiger partial charge in [-0.3, -0.25) is 15.0 Å². The number of fused-ring (bicyclic) bond motifs is 5. The number of benzene rings is 2. The van der Waals surface area contributed by atoms with Crippen LogP contribution in [0.3, 0.4) is 0 Å². The number of rotatable bonds is 7. The first kappa shape index (κ1) is 34.7. The first-order valence-electron chi connectivity index (χ1n) is 17.2. The summed E-state index contributed by atoms with van der Waals surface area (Å²) >= 11 is 8.28. The summed E-state index contributed by atoms with van der Waals surface area (Å²) in [6, 6.07) is 4.44. The van der Waals surface area contributed by atoms with Gasteiger partial charge >= 0.3 is 12.1 Å². The van der Waals surface area contributed by atoms with Gasteiger partial charge < -0.3 is 24.8 Å². The van der Waals surface area contributed by atoms with Crippen molar-refractivity contribution in [2.24, 2.45) is 0 Å². The molecule has 3 fully saturated rings. The summed E-state index contributed by atoms with van der Waals surface area (Å²) in [4.78, 5) is 37.2. The molecule has 0 radical (unpaired) electrons. The number of nitrogens with zero attached hydrogens (tertiary/aromatic N) is 4. The molecular weight excluding hydrogens is 716 g/mol. The molecule has 272 valence electrons. The van der Waals surface area contributed by atoms with Gasteiger partial charge in [-0.2, -0.15) is 15.2 Å². The molecule has 4 aliphatic heterocycles. The third kappa shape index (κ3) is 5.95. The van der Waals surface area contributed by atoms with Crippen LogP contribution >= 0.6 is 22.9 Å². The zero-order valence-corrected chi connectivity index (χ0v) is 30.3. The second-order valence-electron chi connectivity index (χ2n) is 14.7. The fourth-order valence-electron chi connectivity index (χ4n) is 7.98. The van der Waals surface area contributed by atoms with Crippen molar-refractivity contribution in [3.8, 4) is 23.2 Å². The van der Waals surface area contributed by atoms with Crippen molar-refractivity contribution in [3.05, 3.63) is 39.7 Å². The molecule has 3 N–H and O–H groups in total. The molecule has 3 atom stereocenters. The number of alkyl halides is 1. The van der Waals surface area contributed by atoms with Crippen LogP contribution in [0, 0.1) is 17.1 Å². The third-order valence-electron chi connectivity index (χ3n) is 10.2. The Labute approximate surface area is 306 Å². The highest BCUT2D eigenvalue weighted by Crippen LogP contribution is 2.50. The van der Waals surface area contributed by atoms with E-state index in [9.17, 15) is 19.2 Å². The average Bonchev–Trinajstić information content (AvgIpc) is 3.90. The number of nitrogens with one attached hydrogen (secondary N) is 3. The van der Waals surface area contributed by atoms with E-state index in [0.29, 0.717) is 59.3 Å². The summed E-state index contributed by atoms with van der Waals surface area (Å²) in [7, 11) is 0. The Kier molecular flexibility index (Phi) is 8.64. The van der Waals surface area contributed by atoms with Crippen LogP contribution in [-0.4, -0.2) is 76.5 Å². The molecule has 4 aromatic rings. The van der Waals surface area contributed by atoms with Gasteiger partial charge in [-0.1, -0.05) is 17.7 Å². The molecule has 16 heteroatoms. The number of anilines is 2. The summed E-state index contributed by atoms with van der Waals surface area (Å²) in [6.07, 6.45) is 0.892. The fourth-order valence-corrected chi connectivity index (χ4v) is 9.40. The van der Waals surface area contributed by atoms with Crippen molar-refractivity contribution >= 4 is 66.7 Å². The summed E-state index contributed by atoms with van der Waals surface area (Å²) in [6.45, 7) is 7.30. The highest BCUT2D eigenvalue weighted by molar-refractivity contribution is 7.23. The number of carbonyl (C=O) groups excluding carboxylic acids is 2. The van der Waals surface area contributed by atoms with Gasteiger partial charge in [-0.05, 0) is 69.3 Å². The van der Waals surface area contributed by atoms with Crippen molar-refractivity contribution in [1.82, 2.24) is 20.2 Å². The molecule has 8 rings (SSSR count). The molecule has 0 spiro atoms. The maximum atomic E-state index is 15.5. The topological polar surface area (TPSA) is 151 Å². The lowest BCUT2D eigenvalue weighted by molar-refractivity contribution is -0.119. The van der Waals surface area contributed by atoms with Gasteiger partial charge in [0.15, 0.2) is 0 Å². The maximum absolute atomic E-state index is 15.5. The van der Waals surface area contributed by atoms with Gasteiger partial charge in [-0.25, -0.2) is 13.6 Å². The van der Waals surface area contributed by atoms with Crippen LogP contribution in [0.2, 0.25) is 5.02 Å². The van der Waals surface area contributed by atoms with E-state index in [1.807, 2.05) is 0 Å². The number of hydrogen-bond donors (Lipinski definition) is 3. The number of hydrogen-bond acceptors (Lipinski definition) is 11. The number of ether oxygens (including phenoxy) is 3. The normalized spacial score (nSPS) is 22.8. The van der Waals surface area contributed by atoms with Gasteiger partial charge in [0.25, 0.3) is 0 Å². The van der Waals surface area contributed by atoms with Crippen LogP contribution in [0.15, 0.2) is 12.1 Å². The Morgan fingerprint density at radius 3 is 2.83 bits per heavy atom. The van der Waals surface area contributed by atoms with Crippen LogP contribution in [0.1, 0.15) is 63.1 Å². The standard InChI is InChI=1S/C36H36ClF2N7O5S/c1-35(2,3)51-34(48)45-32-19(12-40)25-18(5-6-22(39)29(25)52-32)24-20-14-49-15-21(20)26-28(27(24)37)43-33(44-30(26)42-23-7-9-41-31(23)47)50-16-36-8-4-10-46(36)13-17(38)11-36/h5-6,17,23H,4,7-11,13-16H2,1-3H3,(H,41,47)(H,45,48)(H,42,43,44)/t17-,23-,36+/m1/s1. The molecule has 0 unspecified atom stereocenters. The second kappa shape index (κ2) is 12.9. The first-order chi connectivity index (χ1) is 24.9. The molecule has 2 amide bonds. The van der Waals surface area contributed by atoms with Crippen molar-refractivity contribution in [2.45, 2.75) is 83.0 Å². The summed E-state index contributed by atoms with van der Waals surface area (Å²) < 4.78 is 47.9. The quantitative estimate of drug-likeness (QED) is 0.184. The van der Waals surface area contributed by atoms with E-state index in [2.05, 4.69) is 26.9 Å². The third-order valence-corrected chi connectivity index (χ3v) is 11.6. The van der Waals surface area contributed by atoms with E-state index >= 15 is 4.39 Å². The number of amides is 2. The van der Waals surface area contributed by atoms with E-state index in [4.69, 9.17) is 35.8 Å². The van der Waals surface area contributed by atoms with Crippen LogP contribution in [0.4, 0.5) is 24.4 Å². The van der Waals surface area contributed by atoms with E-state index in [-0.39, 0.29) is 57.4 Å². The Balaban J connectivity index is 1.29. The first-order valence-corrected chi connectivity index (χ1v) is 18.4. The number of nitriles is 1. The smallest absolute Gasteiger partial charge is 0.412 e. The molecule has 6 heterocycles. The van der Waals surface area contributed by atoms with Crippen molar-refractivity contribution in [1.29, 1.82) is 5.26 Å². The maximum Gasteiger partial charge on any atom is 0.412 e. The SMILES string of the molecule is CC(C)(C)OC(=O)Nc1sc2c(F)ccc(-c3c4c(c5c(N[C@@H]6CCNC6=O)nc(OC[C@@]67CCCN6C[C@H](F)C7)nc5c3Cl)COC4)c2c1C#N. The zero-order valence-electron chi connectivity index (χ0n) is 28.8. The van der Waals surface area contributed by atoms with Gasteiger partial charge in [0, 0.05) is 30.5 Å². The largest absolute Gasteiger partial charge is 0.461 e. The van der Waals surface area contributed by atoms with Gasteiger partial charge in [0.2, 0.25) is 5.91 Å². The van der Waals surface area contributed by atoms with Crippen molar-refractivity contribution in [3.63, 3.8) is 0 Å². The zero-order chi connectivity index (χ0) is 36.5. The number of halogens is 3. The Morgan fingerprint density at radius 1 is 1.27 bits per heavy atom. The van der Waals surface area contributed by atoms with E-state index in [1.165, 1.54) is 6.07 Å². The molecule has 2 aromatic carbocycles. The van der Waals surface area contributed by atoms with Gasteiger partial charge in [0.05, 0.1) is 44.9 Å². The minimum absolute atomic E-state index is 0.00463. The lowest BCUT2D eigenvalue weighted by atomic mass is 9.91. The summed E-state index contributed by atoms with van der Waals surface area (Å²) in [5.41, 5.74) is 1.43. The molecule has 3 saturated heterocycles. The minimum Gasteiger partial charge on any atom is -0.461 e. The van der Waals surface area contributed by atoms with Crippen LogP contribution in [0.25, 0.3) is 32.1 Å². The minimum atomic E-state index is -0.943. The Bertz CT molecular complexity index is 2200. The molecule has 0 saturated carbocycles. The Hall–Kier alpha value is -4.36. The summed E-state index contributed by atoms with van der Waals surface area (Å²) in [5, 5.41) is 20.3. The van der Waals surface area contributed by atoms with Gasteiger partial charge in [0.1, 0.15) is 47.1 Å². The summed E-state index contributed by atoms with van der Waals surface area (Å²) in [5.74, 6) is -0.408. The monoisotopic (exact) mass is 751 g/mol. The van der Waals surface area contributed by atoms with Crippen LogP contribution in [-0.2, 0) is 27.5 Å². The van der Waals surface area contributed by atoms with Crippen molar-refractivity contribution in [2.75, 3.05) is 36.9 Å². The molecular formula is C36H36ClF2N7O5S. The highest BCUT2D eigenvalue weighted by atomic mass is 35.5. The van der Waals surface area contributed by atoms with Gasteiger partial charge in [-0.15, -0.1) is 11.3 Å². The molecule has 4 aliphatic rings. The van der Waals surface area contributed by atoms with Crippen LogP contribution in [0.5, 0.6) is 6.01 Å². The Morgan fingerprint density at radius 2 is 2.08 bits per heavy atom. The number of carbonyl (C=O) groups is 2. The average molecular weight is 752 g/mol. The van der Waals surface area contributed by atoms with Crippen molar-refractivity contribution < 1.29 is 32.6 Å². The lowest BCUT2D eigenvalue weighted by Crippen LogP contribution is -2.43. The van der Waals surface area contributed by atoms with Crippen LogP contribution < -0.4 is 20.7 Å². The lowest BCUT2D eigenvalue weighted by Gasteiger charge is -2.31. The molecule has 2 aromatic heterocycles. The predicted molar refractivity (Wildman–Crippen MR) is 192 cm³/mol. The molecule has 0 aliphatic carbocycles. The van der Waals surface area contributed by atoms with E-state index in [0.717, 1.165) is 36.3 Å². The van der Waals surface area contributed by atoms with E-state index in [1.54, 1.807) is 26.8 Å². The molecule has 12 nitrogen and oxygen atoms in total. The second-order valence-corrected chi connectivity index (χ2v) is 16.1. The number of thiophene rings is 1. The molecule has 52 heavy (non-hydrogen) atoms. The fraction of sp³-hybridized carbons (Fsp3) is 0.472. The van der Waals surface area contributed by atoms with E-state index < -0.39 is 35.3 Å². The highest BCUT2D eigenvalue weighted by Gasteiger charge is 2.49. The molecule has 0 bridgehead atoms. The number of aromatic nitrogens is 2.